The minimum atomic E-state index is -5.47. The van der Waals surface area contributed by atoms with Crippen LogP contribution in [0.2, 0.25) is 0 Å². The van der Waals surface area contributed by atoms with Crippen molar-refractivity contribution in [2.24, 2.45) is 0 Å². The second-order valence-electron chi connectivity index (χ2n) is 33.4. The van der Waals surface area contributed by atoms with Gasteiger partial charge in [-0.1, -0.05) is 319 Å². The third-order valence-corrected chi connectivity index (χ3v) is 39.2. The molecule has 660 valence electrons. The number of pyridine rings is 2. The van der Waals surface area contributed by atoms with Crippen LogP contribution in [-0.4, -0.2) is 83.3 Å². The molecule has 0 bridgehead atoms. The van der Waals surface area contributed by atoms with Crippen LogP contribution < -0.4 is 82.0 Å². The van der Waals surface area contributed by atoms with Crippen LogP contribution in [0.1, 0.15) is 0 Å². The first-order valence-electron chi connectivity index (χ1n) is 43.4. The van der Waals surface area contributed by atoms with E-state index in [0.717, 1.165) is 154 Å². The van der Waals surface area contributed by atoms with Gasteiger partial charge in [0.2, 0.25) is 0 Å². The predicted molar refractivity (Wildman–Crippen MR) is 554 cm³/mol. The number of nitrogens with zero attached hydrogens (tertiary/aromatic N) is 10. The maximum Gasteiger partial charge on any atom is 0.109 e. The van der Waals surface area contributed by atoms with Crippen LogP contribution in [0.4, 0.5) is 35.1 Å². The molecule has 0 aliphatic rings. The first-order valence-corrected chi connectivity index (χ1v) is 51.4. The van der Waals surface area contributed by atoms with Crippen molar-refractivity contribution >= 4 is 245 Å². The van der Waals surface area contributed by atoms with E-state index in [1.165, 1.54) is 43.7 Å². The van der Waals surface area contributed by atoms with Crippen molar-refractivity contribution in [2.75, 3.05) is 0 Å². The van der Waals surface area contributed by atoms with E-state index < -0.39 is 80.0 Å². The van der Waals surface area contributed by atoms with E-state index in [1.807, 2.05) is 48.8 Å². The van der Waals surface area contributed by atoms with Crippen LogP contribution >= 0.6 is 63.7 Å². The number of rotatable bonds is 16. The molecule has 0 saturated heterocycles. The smallest absolute Gasteiger partial charge is 0.109 e. The Morgan fingerprint density at radius 1 is 0.184 bits per heavy atom. The van der Waals surface area contributed by atoms with E-state index in [1.54, 1.807) is 49.6 Å². The molecule has 0 unspecified atom stereocenters. The van der Waals surface area contributed by atoms with E-state index >= 15 is 0 Å². The van der Waals surface area contributed by atoms with Crippen LogP contribution in [-0.2, 0) is 0 Å². The molecule has 0 N–H and O–H groups in total. The van der Waals surface area contributed by atoms with Gasteiger partial charge in [-0.25, -0.2) is 0 Å². The fourth-order valence-corrected chi connectivity index (χ4v) is 33.0. The van der Waals surface area contributed by atoms with Gasteiger partial charge >= 0.3 is 186 Å². The van der Waals surface area contributed by atoms with Gasteiger partial charge < -0.3 is 0 Å². The van der Waals surface area contributed by atoms with Crippen LogP contribution in [0.5, 0.6) is 0 Å². The molecule has 0 spiro atoms. The van der Waals surface area contributed by atoms with Gasteiger partial charge in [-0.3, -0.25) is 49.8 Å². The summed E-state index contributed by atoms with van der Waals surface area (Å²) >= 11 is 8.93. The molecule has 22 aromatic rings. The average molecular weight is 2110 g/mol. The van der Waals surface area contributed by atoms with Crippen molar-refractivity contribution in [3.05, 3.63) is 490 Å². The minimum absolute atomic E-state index is 0.214. The number of hydrogen-bond acceptors (Lipinski definition) is 10. The van der Waals surface area contributed by atoms with Gasteiger partial charge in [-0.05, 0) is 47.2 Å². The Morgan fingerprint density at radius 3 is 0.699 bits per heavy atom. The number of hydrogen-bond donors (Lipinski definition) is 0. The van der Waals surface area contributed by atoms with Crippen molar-refractivity contribution in [1.82, 2.24) is 49.8 Å². The van der Waals surface area contributed by atoms with E-state index in [0.29, 0.717) is 24.3 Å². The SMILES string of the molecule is Brc1ccc([B-](c2ccc(Br)cc2)(c2ccc(Br)cc2)c2ccc(Br)cc2)cc1.Fc1cc(F)c[c]([Ga-]([c]2cc(F)cc(F)c2)([c]2cc(F)cc(F)c2)[c]2cc(F)cc(F)c2)c1.c1ccc([B-](c2ccccc2)(c2ccccc2)c2cc3cccnc3c3ncccc23)cc1.c1cnc2cc([B-](c3ccc4nccnc4c3)(c3ccc4nccnc4c3)c3ccc4nccnc4c3)ccc2n1. The molecule has 10 nitrogen and oxygen atoms in total. The van der Waals surface area contributed by atoms with Crippen molar-refractivity contribution in [2.45, 2.75) is 0 Å². The molecule has 0 amide bonds. The average Bonchev–Trinajstić information content (AvgIpc) is 0.724. The molecule has 0 saturated carbocycles. The molecule has 16 aromatic carbocycles. The summed E-state index contributed by atoms with van der Waals surface area (Å²) in [7, 11) is 0. The Kier molecular flexibility index (Phi) is 26.4. The predicted octanol–water partition coefficient (Wildman–Crippen LogP) is 17.3. The third-order valence-electron chi connectivity index (χ3n) is 25.9. The first kappa shape index (κ1) is 91.0. The van der Waals surface area contributed by atoms with Gasteiger partial charge in [0.05, 0.1) is 55.2 Å². The van der Waals surface area contributed by atoms with Gasteiger partial charge in [0, 0.05) is 79.9 Å². The van der Waals surface area contributed by atoms with Crippen molar-refractivity contribution in [3.63, 3.8) is 0 Å². The summed E-state index contributed by atoms with van der Waals surface area (Å²) in [6.07, 6.45) is 12.8. The summed E-state index contributed by atoms with van der Waals surface area (Å²) in [6.45, 7) is 0. The number of fused-ring (bicyclic) bond motifs is 7. The van der Waals surface area contributed by atoms with Crippen LogP contribution in [0.15, 0.2) is 444 Å². The second-order valence-corrected chi connectivity index (χ2v) is 46.3. The third kappa shape index (κ3) is 17.9. The summed E-state index contributed by atoms with van der Waals surface area (Å²) in [5.41, 5.74) is 23.0. The number of halogens is 12. The molecule has 0 radical (unpaired) electrons. The van der Waals surface area contributed by atoms with Gasteiger partial charge in [-0.2, -0.15) is 65.6 Å². The fourth-order valence-electron chi connectivity index (χ4n) is 20.3. The molecule has 0 atom stereocenters. The zero-order valence-electron chi connectivity index (χ0n) is 71.7. The maximum absolute atomic E-state index is 14.3. The minimum Gasteiger partial charge on any atom is -0.254 e. The van der Waals surface area contributed by atoms with Crippen LogP contribution in [0, 0.1) is 46.5 Å². The molecule has 0 aliphatic carbocycles. The summed E-state index contributed by atoms with van der Waals surface area (Å²) in [5, 5.41) is 2.24. The maximum atomic E-state index is 14.3. The molecular weight excluding hydrogens is 2040 g/mol. The van der Waals surface area contributed by atoms with E-state index in [9.17, 15) is 35.1 Å². The number of aromatic nitrogens is 10. The Bertz CT molecular complexity index is 7300. The first-order chi connectivity index (χ1) is 66.2. The zero-order valence-corrected chi connectivity index (χ0v) is 80.5. The quantitative estimate of drug-likeness (QED) is 0.0524. The Balaban J connectivity index is 0.000000117. The summed E-state index contributed by atoms with van der Waals surface area (Å²) < 4.78 is 118. The summed E-state index contributed by atoms with van der Waals surface area (Å²) in [4.78, 5) is 46.3. The number of benzene rings is 16. The molecule has 136 heavy (non-hydrogen) atoms. The van der Waals surface area contributed by atoms with Gasteiger partial charge in [0.25, 0.3) is 0 Å². The van der Waals surface area contributed by atoms with Crippen molar-refractivity contribution < 1.29 is 35.1 Å². The molecule has 6 aromatic heterocycles. The Hall–Kier alpha value is -14.1. The van der Waals surface area contributed by atoms with E-state index in [-0.39, 0.29) is 16.5 Å². The zero-order chi connectivity index (χ0) is 93.7. The second kappa shape index (κ2) is 39.4. The summed E-state index contributed by atoms with van der Waals surface area (Å²) in [6, 6.07) is 112. The standard InChI is InChI=1S/C32H20BN8.C30H22BN2.C24H16BBr4.4C6H3F2.Ga/c1-5-25-29(38-13-9-34-25)17-21(1)33(22-2-6-26-30(18-22)39-14-10-35-26,23-3-7-27-31(19-23)40-15-11-36-27)24-4-8-28-32(20-24)41-16-12-37-28;1-4-13-24(14-5-1)31(25-15-6-2-7-16-25,26-17-8-3-9-18-26)28-22-23-12-10-20-32-29(23)30-27(28)19-11-21-33-30;26-21-9-1-17(2-10-21)25(18-3-11-22(27)12-4-18,19-5-13-23(28)14-6-19)20-7-15-24(29)16-8-20;4*7-5-2-1-3-6(8)4-5;/h1-20H;1-22H;1-16H;4*2-4H;/q3*-1;;;;;-1. The molecule has 6 heterocycles. The normalized spacial score (nSPS) is 11.7. The summed E-state index contributed by atoms with van der Waals surface area (Å²) in [5.74, 6) is -8.70. The Labute approximate surface area is 813 Å². The molecule has 0 aliphatic heterocycles. The topological polar surface area (TPSA) is 129 Å². The van der Waals surface area contributed by atoms with Gasteiger partial charge in [0.1, 0.15) is 18.4 Å². The van der Waals surface area contributed by atoms with Gasteiger partial charge in [-0.15, -0.1) is 0 Å². The van der Waals surface area contributed by atoms with E-state index in [4.69, 9.17) is 9.97 Å². The van der Waals surface area contributed by atoms with Crippen molar-refractivity contribution in [1.29, 1.82) is 0 Å². The fraction of sp³-hybridized carbons (Fsp3) is 0. The van der Waals surface area contributed by atoms with Crippen molar-refractivity contribution in [3.8, 4) is 0 Å². The van der Waals surface area contributed by atoms with Gasteiger partial charge in [0.15, 0.2) is 0 Å². The molecule has 26 heteroatoms. The van der Waals surface area contributed by atoms with Crippen LogP contribution in [0.3, 0.4) is 0 Å². The van der Waals surface area contributed by atoms with Crippen LogP contribution in [0.25, 0.3) is 65.9 Å². The molecular formula is C110H70B3Br4F8GaN10-4. The largest absolute Gasteiger partial charge is 0.254 e. The molecule has 0 fully saturated rings. The molecule has 22 rings (SSSR count). The Morgan fingerprint density at radius 2 is 0.419 bits per heavy atom. The monoisotopic (exact) mass is 2100 g/mol. The van der Waals surface area contributed by atoms with E-state index in [2.05, 4.69) is 358 Å².